The van der Waals surface area contributed by atoms with Crippen molar-refractivity contribution in [3.05, 3.63) is 65.7 Å². The normalized spacial score (nSPS) is 18.5. The Bertz CT molecular complexity index is 1200. The number of benzene rings is 4. The van der Waals surface area contributed by atoms with Crippen LogP contribution in [0.15, 0.2) is 54.6 Å². The number of hydrogen-bond acceptors (Lipinski definition) is 4. The Balaban J connectivity index is 0.000000255. The molecule has 0 fully saturated rings. The van der Waals surface area contributed by atoms with Crippen molar-refractivity contribution in [3.63, 3.8) is 0 Å². The zero-order valence-electron chi connectivity index (χ0n) is 16.6. The predicted molar refractivity (Wildman–Crippen MR) is 117 cm³/mol. The second-order valence-electron chi connectivity index (χ2n) is 8.33. The van der Waals surface area contributed by atoms with Gasteiger partial charge in [-0.05, 0) is 70.3 Å². The summed E-state index contributed by atoms with van der Waals surface area (Å²) in [5.74, 6) is 0. The van der Waals surface area contributed by atoms with E-state index < -0.39 is 12.2 Å². The zero-order chi connectivity index (χ0) is 20.8. The van der Waals surface area contributed by atoms with Crippen molar-refractivity contribution in [2.75, 3.05) is 0 Å². The Kier molecular flexibility index (Phi) is 4.77. The van der Waals surface area contributed by atoms with Crippen LogP contribution in [0.1, 0.15) is 38.0 Å². The first-order valence-corrected chi connectivity index (χ1v) is 9.60. The molecule has 1 aliphatic rings. The monoisotopic (exact) mass is 387 g/mol. The third kappa shape index (κ3) is 3.46. The highest BCUT2D eigenvalue weighted by Gasteiger charge is 2.25. The van der Waals surface area contributed by atoms with Crippen molar-refractivity contribution < 1.29 is 19.7 Å². The Morgan fingerprint density at radius 1 is 0.931 bits per heavy atom. The van der Waals surface area contributed by atoms with E-state index in [1.54, 1.807) is 26.8 Å². The van der Waals surface area contributed by atoms with Crippen LogP contribution >= 0.6 is 0 Å². The van der Waals surface area contributed by atoms with Gasteiger partial charge >= 0.3 is 6.47 Å². The molecule has 1 aliphatic carbocycles. The molecule has 147 valence electrons. The smallest absolute Gasteiger partial charge is 0.418 e. The molecule has 0 amide bonds. The lowest BCUT2D eigenvalue weighted by atomic mass is 9.84. The van der Waals surface area contributed by atoms with Crippen LogP contribution in [0.2, 0.25) is 0 Å². The summed E-state index contributed by atoms with van der Waals surface area (Å²) in [6, 6.07) is 16.8. The van der Waals surface area contributed by atoms with Gasteiger partial charge in [0.05, 0.1) is 0 Å². The van der Waals surface area contributed by atoms with E-state index in [9.17, 15) is 15.0 Å². The molecule has 4 heteroatoms. The molecule has 1 radical (unpaired) electrons. The molecule has 2 N–H and O–H groups in total. The summed E-state index contributed by atoms with van der Waals surface area (Å²) >= 11 is 0. The minimum absolute atomic E-state index is 0.373. The van der Waals surface area contributed by atoms with Gasteiger partial charge < -0.3 is 14.9 Å². The summed E-state index contributed by atoms with van der Waals surface area (Å²) in [5, 5.41) is 27.4. The highest BCUT2D eigenvalue weighted by atomic mass is 16.5. The standard InChI is InChI=1S/C20H14O2.C5H9O2/c21-17-9-8-14-15-7-6-12-3-1-2-11-4-5-13(19(15)18(11)12)10-16(14)20(17)22;1-5(2,3)7-4-6/h1-10,17,20-22H;1-3H3. The van der Waals surface area contributed by atoms with E-state index in [0.29, 0.717) is 0 Å². The molecule has 0 aromatic heterocycles. The molecule has 2 atom stereocenters. The van der Waals surface area contributed by atoms with Crippen molar-refractivity contribution in [1.29, 1.82) is 0 Å². The van der Waals surface area contributed by atoms with E-state index in [4.69, 9.17) is 0 Å². The van der Waals surface area contributed by atoms with Crippen LogP contribution in [0.25, 0.3) is 38.4 Å². The highest BCUT2D eigenvalue weighted by molar-refractivity contribution is 6.24. The molecule has 4 aromatic rings. The molecule has 4 aromatic carbocycles. The van der Waals surface area contributed by atoms with Crippen LogP contribution < -0.4 is 0 Å². The minimum Gasteiger partial charge on any atom is -0.452 e. The third-order valence-corrected chi connectivity index (χ3v) is 5.17. The molecule has 0 saturated heterocycles. The van der Waals surface area contributed by atoms with Crippen LogP contribution in [0.5, 0.6) is 0 Å². The van der Waals surface area contributed by atoms with Crippen molar-refractivity contribution >= 4 is 44.9 Å². The largest absolute Gasteiger partial charge is 0.452 e. The molecule has 0 heterocycles. The number of ether oxygens (including phenoxy) is 1. The van der Waals surface area contributed by atoms with Crippen molar-refractivity contribution in [1.82, 2.24) is 0 Å². The van der Waals surface area contributed by atoms with Gasteiger partial charge in [-0.25, -0.2) is 4.79 Å². The van der Waals surface area contributed by atoms with E-state index in [1.807, 2.05) is 12.1 Å². The molecule has 0 saturated carbocycles. The summed E-state index contributed by atoms with van der Waals surface area (Å²) in [5.41, 5.74) is 1.45. The number of aliphatic hydroxyl groups excluding tert-OH is 2. The molecule has 5 rings (SSSR count). The second-order valence-corrected chi connectivity index (χ2v) is 8.33. The fourth-order valence-corrected chi connectivity index (χ4v) is 3.89. The number of hydrogen-bond donors (Lipinski definition) is 2. The van der Waals surface area contributed by atoms with E-state index in [0.717, 1.165) is 21.9 Å². The average molecular weight is 387 g/mol. The fourth-order valence-electron chi connectivity index (χ4n) is 3.89. The Labute approximate surface area is 169 Å². The van der Waals surface area contributed by atoms with E-state index in [2.05, 4.69) is 47.2 Å². The maximum Gasteiger partial charge on any atom is 0.418 e. The summed E-state index contributed by atoms with van der Waals surface area (Å²) < 4.78 is 4.42. The van der Waals surface area contributed by atoms with Crippen LogP contribution in [0.3, 0.4) is 0 Å². The SMILES string of the molecule is CC(C)(C)O[C]=O.OC1C=Cc2c(cc3ccc4cccc5ccc2c3c45)C1O. The first kappa shape index (κ1) is 19.4. The van der Waals surface area contributed by atoms with Crippen LogP contribution in [-0.2, 0) is 9.53 Å². The maximum absolute atomic E-state index is 10.3. The maximum atomic E-state index is 10.3. The molecule has 4 nitrogen and oxygen atoms in total. The summed E-state index contributed by atoms with van der Waals surface area (Å²) in [6.45, 7) is 6.73. The molecule has 0 spiro atoms. The molecule has 2 unspecified atom stereocenters. The van der Waals surface area contributed by atoms with Crippen molar-refractivity contribution in [3.8, 4) is 0 Å². The number of rotatable bonds is 1. The lowest BCUT2D eigenvalue weighted by molar-refractivity contribution is 0.0472. The second kappa shape index (κ2) is 7.14. The fraction of sp³-hybridized carbons (Fsp3) is 0.240. The number of carbonyl (C=O) groups excluding carboxylic acids is 1. The first-order chi connectivity index (χ1) is 13.8. The molecule has 0 bridgehead atoms. The van der Waals surface area contributed by atoms with Gasteiger partial charge in [-0.3, -0.25) is 0 Å². The lowest BCUT2D eigenvalue weighted by Crippen LogP contribution is -2.19. The Morgan fingerprint density at radius 2 is 1.59 bits per heavy atom. The summed E-state index contributed by atoms with van der Waals surface area (Å²) in [6.07, 6.45) is 1.91. The van der Waals surface area contributed by atoms with Gasteiger partial charge in [0, 0.05) is 0 Å². The number of fused-ring (bicyclic) bond motifs is 2. The van der Waals surface area contributed by atoms with E-state index in [1.165, 1.54) is 28.0 Å². The quantitative estimate of drug-likeness (QED) is 0.457. The lowest BCUT2D eigenvalue weighted by Gasteiger charge is -2.24. The predicted octanol–water partition coefficient (Wildman–Crippen LogP) is 4.87. The van der Waals surface area contributed by atoms with Crippen molar-refractivity contribution in [2.24, 2.45) is 0 Å². The van der Waals surface area contributed by atoms with Gasteiger partial charge in [-0.1, -0.05) is 54.6 Å². The third-order valence-electron chi connectivity index (χ3n) is 5.17. The molecular weight excluding hydrogens is 364 g/mol. The number of aliphatic hydroxyl groups is 2. The topological polar surface area (TPSA) is 66.8 Å². The Morgan fingerprint density at radius 3 is 2.21 bits per heavy atom. The van der Waals surface area contributed by atoms with Gasteiger partial charge in [-0.15, -0.1) is 0 Å². The van der Waals surface area contributed by atoms with Crippen LogP contribution in [-0.4, -0.2) is 28.4 Å². The average Bonchev–Trinajstić information content (AvgIpc) is 2.68. The van der Waals surface area contributed by atoms with E-state index in [-0.39, 0.29) is 5.60 Å². The molecule has 29 heavy (non-hydrogen) atoms. The highest BCUT2D eigenvalue weighted by Crippen LogP contribution is 2.41. The zero-order valence-corrected chi connectivity index (χ0v) is 16.6. The summed E-state index contributed by atoms with van der Waals surface area (Å²) in [7, 11) is 0. The minimum atomic E-state index is -0.859. The van der Waals surface area contributed by atoms with Crippen LogP contribution in [0, 0.1) is 0 Å². The van der Waals surface area contributed by atoms with Gasteiger partial charge in [0.25, 0.3) is 0 Å². The first-order valence-electron chi connectivity index (χ1n) is 9.60. The van der Waals surface area contributed by atoms with E-state index >= 15 is 0 Å². The van der Waals surface area contributed by atoms with Crippen molar-refractivity contribution in [2.45, 2.75) is 38.6 Å². The van der Waals surface area contributed by atoms with Gasteiger partial charge in [-0.2, -0.15) is 0 Å². The summed E-state index contributed by atoms with van der Waals surface area (Å²) in [4.78, 5) is 9.47. The molecular formula is C25H23O4. The van der Waals surface area contributed by atoms with Gasteiger partial charge in [0.15, 0.2) is 0 Å². The van der Waals surface area contributed by atoms with Gasteiger partial charge in [0.2, 0.25) is 0 Å². The molecule has 0 aliphatic heterocycles. The Hall–Kier alpha value is -2.95. The van der Waals surface area contributed by atoms with Crippen LogP contribution in [0.4, 0.5) is 0 Å². The van der Waals surface area contributed by atoms with Gasteiger partial charge in [0.1, 0.15) is 17.8 Å².